The summed E-state index contributed by atoms with van der Waals surface area (Å²) in [5.41, 5.74) is -0.350. The van der Waals surface area contributed by atoms with Crippen LogP contribution in [0.25, 0.3) is 0 Å². The number of methoxy groups -OCH3 is 1. The zero-order valence-corrected chi connectivity index (χ0v) is 10.2. The molecule has 1 aromatic carbocycles. The highest BCUT2D eigenvalue weighted by atomic mass is 79.9. The topological polar surface area (TPSA) is 46.5 Å². The maximum absolute atomic E-state index is 13.3. The number of carboxylic acid groups (broad SMARTS) is 1. The lowest BCUT2D eigenvalue weighted by Crippen LogP contribution is -2.20. The monoisotopic (exact) mass is 288 g/mol. The molecule has 1 saturated carbocycles. The number of ether oxygens (including phenoxy) is 1. The van der Waals surface area contributed by atoms with Crippen LogP contribution in [-0.2, 0) is 10.2 Å². The third-order valence-electron chi connectivity index (χ3n) is 2.92. The Labute approximate surface area is 100 Å². The van der Waals surface area contributed by atoms with Gasteiger partial charge in [0.25, 0.3) is 0 Å². The van der Waals surface area contributed by atoms with Crippen molar-refractivity contribution in [1.29, 1.82) is 0 Å². The summed E-state index contributed by atoms with van der Waals surface area (Å²) in [5.74, 6) is -1.05. The molecule has 0 spiro atoms. The van der Waals surface area contributed by atoms with Crippen molar-refractivity contribution in [2.75, 3.05) is 7.11 Å². The van der Waals surface area contributed by atoms with E-state index in [0.717, 1.165) is 0 Å². The minimum absolute atomic E-state index is 0.260. The van der Waals surface area contributed by atoms with Crippen molar-refractivity contribution in [2.24, 2.45) is 0 Å². The molecule has 1 aromatic rings. The second kappa shape index (κ2) is 3.73. The van der Waals surface area contributed by atoms with Gasteiger partial charge in [0.1, 0.15) is 11.6 Å². The maximum atomic E-state index is 13.3. The molecule has 86 valence electrons. The summed E-state index contributed by atoms with van der Waals surface area (Å²) in [7, 11) is 1.41. The Kier molecular flexibility index (Phi) is 2.66. The van der Waals surface area contributed by atoms with E-state index in [1.807, 2.05) is 0 Å². The van der Waals surface area contributed by atoms with Crippen LogP contribution in [-0.4, -0.2) is 18.2 Å². The molecule has 0 unspecified atom stereocenters. The third kappa shape index (κ3) is 1.59. The summed E-state index contributed by atoms with van der Waals surface area (Å²) in [5, 5.41) is 9.17. The van der Waals surface area contributed by atoms with Gasteiger partial charge in [0, 0.05) is 11.6 Å². The summed E-state index contributed by atoms with van der Waals surface area (Å²) in [6.45, 7) is 0. The van der Waals surface area contributed by atoms with Crippen molar-refractivity contribution in [3.63, 3.8) is 0 Å². The van der Waals surface area contributed by atoms with Gasteiger partial charge in [0.2, 0.25) is 0 Å². The van der Waals surface area contributed by atoms with Gasteiger partial charge < -0.3 is 9.84 Å². The molecule has 0 heterocycles. The predicted molar refractivity (Wildman–Crippen MR) is 59.2 cm³/mol. The van der Waals surface area contributed by atoms with Crippen LogP contribution >= 0.6 is 15.9 Å². The van der Waals surface area contributed by atoms with Crippen LogP contribution < -0.4 is 4.74 Å². The summed E-state index contributed by atoms with van der Waals surface area (Å²) >= 11 is 3.06. The third-order valence-corrected chi connectivity index (χ3v) is 3.53. The summed E-state index contributed by atoms with van der Waals surface area (Å²) in [4.78, 5) is 11.2. The van der Waals surface area contributed by atoms with Crippen LogP contribution in [0.5, 0.6) is 5.75 Å². The van der Waals surface area contributed by atoms with Crippen LogP contribution in [0.3, 0.4) is 0 Å². The maximum Gasteiger partial charge on any atom is 0.314 e. The van der Waals surface area contributed by atoms with Crippen LogP contribution in [0.15, 0.2) is 16.6 Å². The van der Waals surface area contributed by atoms with Gasteiger partial charge in [-0.2, -0.15) is 0 Å². The molecular formula is C11H10BrFO3. The van der Waals surface area contributed by atoms with Crippen molar-refractivity contribution < 1.29 is 19.0 Å². The first-order valence-corrected chi connectivity index (χ1v) is 5.57. The number of halogens is 2. The molecule has 1 aliphatic rings. The van der Waals surface area contributed by atoms with Gasteiger partial charge in [-0.15, -0.1) is 0 Å². The molecule has 0 atom stereocenters. The van der Waals surface area contributed by atoms with Crippen LogP contribution in [0.2, 0.25) is 0 Å². The van der Waals surface area contributed by atoms with E-state index in [1.165, 1.54) is 19.2 Å². The fraction of sp³-hybridized carbons (Fsp3) is 0.364. The second-order valence-electron chi connectivity index (χ2n) is 3.85. The SMILES string of the molecule is COc1cc(F)c(Br)cc1C1(C(=O)O)CC1. The fourth-order valence-corrected chi connectivity index (χ4v) is 2.14. The van der Waals surface area contributed by atoms with Crippen LogP contribution in [0.1, 0.15) is 18.4 Å². The molecule has 0 bridgehead atoms. The van der Waals surface area contributed by atoms with Gasteiger partial charge >= 0.3 is 5.97 Å². The van der Waals surface area contributed by atoms with Crippen molar-refractivity contribution in [1.82, 2.24) is 0 Å². The standard InChI is InChI=1S/C11H10BrFO3/c1-16-9-5-8(13)7(12)4-6(9)11(2-3-11)10(14)15/h4-5H,2-3H2,1H3,(H,14,15). The van der Waals surface area contributed by atoms with E-state index in [1.54, 1.807) is 0 Å². The predicted octanol–water partition coefficient (Wildman–Crippen LogP) is 2.71. The molecule has 0 radical (unpaired) electrons. The van der Waals surface area contributed by atoms with Gasteiger partial charge in [-0.25, -0.2) is 4.39 Å². The smallest absolute Gasteiger partial charge is 0.314 e. The van der Waals surface area contributed by atoms with Crippen LogP contribution in [0, 0.1) is 5.82 Å². The number of carboxylic acids is 1. The van der Waals surface area contributed by atoms with Gasteiger partial charge in [0.15, 0.2) is 0 Å². The zero-order chi connectivity index (χ0) is 11.9. The summed E-state index contributed by atoms with van der Waals surface area (Å²) in [6.07, 6.45) is 1.13. The molecular weight excluding hydrogens is 279 g/mol. The van der Waals surface area contributed by atoms with E-state index in [4.69, 9.17) is 4.74 Å². The second-order valence-corrected chi connectivity index (χ2v) is 4.71. The zero-order valence-electron chi connectivity index (χ0n) is 8.59. The van der Waals surface area contributed by atoms with Crippen molar-refractivity contribution in [3.05, 3.63) is 28.0 Å². The lowest BCUT2D eigenvalue weighted by Gasteiger charge is -2.15. The number of hydrogen-bond donors (Lipinski definition) is 1. The number of hydrogen-bond acceptors (Lipinski definition) is 2. The van der Waals surface area contributed by atoms with Gasteiger partial charge in [-0.1, -0.05) is 0 Å². The molecule has 16 heavy (non-hydrogen) atoms. The Morgan fingerprint density at radius 2 is 2.19 bits per heavy atom. The minimum Gasteiger partial charge on any atom is -0.496 e. The largest absolute Gasteiger partial charge is 0.496 e. The van der Waals surface area contributed by atoms with E-state index >= 15 is 0 Å². The Balaban J connectivity index is 2.56. The minimum atomic E-state index is -0.887. The highest BCUT2D eigenvalue weighted by molar-refractivity contribution is 9.10. The molecule has 3 nitrogen and oxygen atoms in total. The van der Waals surface area contributed by atoms with E-state index in [0.29, 0.717) is 24.2 Å². The van der Waals surface area contributed by atoms with Gasteiger partial charge in [0.05, 0.1) is 17.0 Å². The highest BCUT2D eigenvalue weighted by Gasteiger charge is 2.53. The first-order chi connectivity index (χ1) is 7.51. The Hall–Kier alpha value is -1.10. The van der Waals surface area contributed by atoms with E-state index in [2.05, 4.69) is 15.9 Å². The van der Waals surface area contributed by atoms with Crippen molar-refractivity contribution >= 4 is 21.9 Å². The highest BCUT2D eigenvalue weighted by Crippen LogP contribution is 2.52. The average Bonchev–Trinajstić information content (AvgIpc) is 3.02. The Morgan fingerprint density at radius 1 is 1.56 bits per heavy atom. The number of carbonyl (C=O) groups is 1. The lowest BCUT2D eigenvalue weighted by atomic mass is 9.95. The Morgan fingerprint density at radius 3 is 2.62 bits per heavy atom. The molecule has 1 aliphatic carbocycles. The number of aliphatic carboxylic acids is 1. The Bertz CT molecular complexity index is 455. The van der Waals surface area contributed by atoms with E-state index in [-0.39, 0.29) is 4.47 Å². The molecule has 5 heteroatoms. The fourth-order valence-electron chi connectivity index (χ4n) is 1.79. The van der Waals surface area contributed by atoms with Gasteiger partial charge in [-0.05, 0) is 34.8 Å². The van der Waals surface area contributed by atoms with E-state index in [9.17, 15) is 14.3 Å². The molecule has 0 amide bonds. The number of benzene rings is 1. The van der Waals surface area contributed by atoms with Crippen molar-refractivity contribution in [3.8, 4) is 5.75 Å². The average molecular weight is 289 g/mol. The first kappa shape index (κ1) is 11.4. The molecule has 0 aliphatic heterocycles. The first-order valence-electron chi connectivity index (χ1n) is 4.78. The quantitative estimate of drug-likeness (QED) is 0.930. The number of rotatable bonds is 3. The normalized spacial score (nSPS) is 16.9. The van der Waals surface area contributed by atoms with Crippen molar-refractivity contribution in [2.45, 2.75) is 18.3 Å². The lowest BCUT2D eigenvalue weighted by molar-refractivity contribution is -0.140. The van der Waals surface area contributed by atoms with Gasteiger partial charge in [-0.3, -0.25) is 4.79 Å². The van der Waals surface area contributed by atoms with Crippen LogP contribution in [0.4, 0.5) is 4.39 Å². The molecule has 1 N–H and O–H groups in total. The van der Waals surface area contributed by atoms with E-state index < -0.39 is 17.2 Å². The summed E-state index contributed by atoms with van der Waals surface area (Å²) in [6, 6.07) is 2.71. The molecule has 0 aromatic heterocycles. The molecule has 0 saturated heterocycles. The molecule has 2 rings (SSSR count). The molecule has 1 fully saturated rings. The summed E-state index contributed by atoms with van der Waals surface area (Å²) < 4.78 is 18.6.